The average molecular weight is 349 g/mol. The molecule has 0 aromatic heterocycles. The fourth-order valence-corrected chi connectivity index (χ4v) is 3.32. The molecular formula is C18H21ClN2OS. The number of rotatable bonds is 6. The highest BCUT2D eigenvalue weighted by Crippen LogP contribution is 2.38. The number of nitrogens with one attached hydrogen (secondary N) is 1. The van der Waals surface area contributed by atoms with Crippen LogP contribution in [0.15, 0.2) is 59.5 Å². The molecule has 3 nitrogen and oxygen atoms in total. The van der Waals surface area contributed by atoms with Crippen molar-refractivity contribution >= 4 is 29.3 Å². The predicted molar refractivity (Wildman–Crippen MR) is 97.8 cm³/mol. The third-order valence-corrected chi connectivity index (χ3v) is 4.91. The molecule has 1 atom stereocenters. The van der Waals surface area contributed by atoms with Crippen LogP contribution in [0.5, 0.6) is 0 Å². The number of carbonyl (C=O) groups excluding carboxylic acids is 1. The highest BCUT2D eigenvalue weighted by Gasteiger charge is 2.24. The molecule has 2 aromatic rings. The van der Waals surface area contributed by atoms with Crippen LogP contribution in [0.25, 0.3) is 0 Å². The molecule has 0 radical (unpaired) electrons. The summed E-state index contributed by atoms with van der Waals surface area (Å²) in [5, 5.41) is 3.20. The zero-order valence-electron chi connectivity index (χ0n) is 13.3. The largest absolute Gasteiger partial charge is 0.353 e. The van der Waals surface area contributed by atoms with Crippen molar-refractivity contribution < 1.29 is 4.79 Å². The molecule has 3 N–H and O–H groups in total. The van der Waals surface area contributed by atoms with Crippen LogP contribution in [0.2, 0.25) is 5.02 Å². The van der Waals surface area contributed by atoms with Gasteiger partial charge in [-0.15, -0.1) is 11.8 Å². The number of halogens is 1. The summed E-state index contributed by atoms with van der Waals surface area (Å²) in [6, 6.07) is 17.2. The van der Waals surface area contributed by atoms with E-state index in [-0.39, 0.29) is 11.2 Å². The van der Waals surface area contributed by atoms with Gasteiger partial charge in [0.2, 0.25) is 5.91 Å². The maximum atomic E-state index is 12.7. The highest BCUT2D eigenvalue weighted by atomic mass is 35.5. The molecule has 2 rings (SSSR count). The number of thioether (sulfide) groups is 1. The monoisotopic (exact) mass is 348 g/mol. The van der Waals surface area contributed by atoms with Crippen molar-refractivity contribution in [3.8, 4) is 0 Å². The van der Waals surface area contributed by atoms with Gasteiger partial charge in [0.05, 0.1) is 5.02 Å². The first-order valence-corrected chi connectivity index (χ1v) is 8.65. The number of benzene rings is 2. The predicted octanol–water partition coefficient (Wildman–Crippen LogP) is 4.03. The van der Waals surface area contributed by atoms with Crippen molar-refractivity contribution in [2.45, 2.75) is 29.5 Å². The fourth-order valence-electron chi connectivity index (χ4n) is 1.98. The van der Waals surface area contributed by atoms with Crippen LogP contribution in [0.1, 0.15) is 24.7 Å². The van der Waals surface area contributed by atoms with Crippen LogP contribution >= 0.6 is 23.4 Å². The Balaban J connectivity index is 2.22. The highest BCUT2D eigenvalue weighted by molar-refractivity contribution is 8.00. The quantitative estimate of drug-likeness (QED) is 0.775. The smallest absolute Gasteiger partial charge is 0.238 e. The molecule has 122 valence electrons. The van der Waals surface area contributed by atoms with Crippen LogP contribution in [-0.4, -0.2) is 18.0 Å². The summed E-state index contributed by atoms with van der Waals surface area (Å²) in [6.45, 7) is 4.18. The van der Waals surface area contributed by atoms with Gasteiger partial charge in [-0.3, -0.25) is 4.79 Å². The van der Waals surface area contributed by atoms with Gasteiger partial charge in [-0.05, 0) is 31.5 Å². The van der Waals surface area contributed by atoms with Gasteiger partial charge < -0.3 is 11.1 Å². The second-order valence-corrected chi connectivity index (χ2v) is 7.60. The summed E-state index contributed by atoms with van der Waals surface area (Å²) in [6.07, 6.45) is 0. The topological polar surface area (TPSA) is 55.1 Å². The number of amides is 1. The molecule has 5 heteroatoms. The molecule has 0 heterocycles. The van der Waals surface area contributed by atoms with Crippen molar-refractivity contribution in [1.82, 2.24) is 5.32 Å². The molecule has 0 aliphatic carbocycles. The number of hydrogen-bond acceptors (Lipinski definition) is 3. The van der Waals surface area contributed by atoms with E-state index in [0.29, 0.717) is 11.6 Å². The lowest BCUT2D eigenvalue weighted by Crippen LogP contribution is -2.46. The summed E-state index contributed by atoms with van der Waals surface area (Å²) in [5.41, 5.74) is 6.44. The first kappa shape index (κ1) is 17.9. The van der Waals surface area contributed by atoms with E-state index in [9.17, 15) is 4.79 Å². The summed E-state index contributed by atoms with van der Waals surface area (Å²) in [5.74, 6) is -0.0698. The lowest BCUT2D eigenvalue weighted by Gasteiger charge is -2.22. The zero-order valence-corrected chi connectivity index (χ0v) is 14.8. The van der Waals surface area contributed by atoms with E-state index >= 15 is 0 Å². The van der Waals surface area contributed by atoms with Crippen LogP contribution in [0.4, 0.5) is 0 Å². The van der Waals surface area contributed by atoms with Gasteiger partial charge in [0.25, 0.3) is 0 Å². The number of carbonyl (C=O) groups is 1. The van der Waals surface area contributed by atoms with Crippen LogP contribution in [0, 0.1) is 0 Å². The van der Waals surface area contributed by atoms with Crippen LogP contribution in [0.3, 0.4) is 0 Å². The van der Waals surface area contributed by atoms with E-state index in [4.69, 9.17) is 17.3 Å². The minimum absolute atomic E-state index is 0.0698. The SMILES string of the molecule is CC(C)(N)CNC(=O)C(Sc1ccccc1Cl)c1ccccc1. The Morgan fingerprint density at radius 2 is 1.78 bits per heavy atom. The lowest BCUT2D eigenvalue weighted by molar-refractivity contribution is -0.120. The van der Waals surface area contributed by atoms with Crippen LogP contribution in [-0.2, 0) is 4.79 Å². The van der Waals surface area contributed by atoms with E-state index in [1.807, 2.05) is 68.4 Å². The second kappa shape index (κ2) is 7.86. The Kier molecular flexibility index (Phi) is 6.10. The van der Waals surface area contributed by atoms with Crippen LogP contribution < -0.4 is 11.1 Å². The van der Waals surface area contributed by atoms with E-state index in [0.717, 1.165) is 10.5 Å². The van der Waals surface area contributed by atoms with Crippen molar-refractivity contribution in [2.24, 2.45) is 5.73 Å². The van der Waals surface area contributed by atoms with E-state index in [1.165, 1.54) is 11.8 Å². The van der Waals surface area contributed by atoms with Gasteiger partial charge in [0.1, 0.15) is 5.25 Å². The van der Waals surface area contributed by atoms with Gasteiger partial charge in [-0.2, -0.15) is 0 Å². The lowest BCUT2D eigenvalue weighted by atomic mass is 10.1. The fraction of sp³-hybridized carbons (Fsp3) is 0.278. The van der Waals surface area contributed by atoms with Crippen molar-refractivity contribution in [2.75, 3.05) is 6.54 Å². The Morgan fingerprint density at radius 1 is 1.17 bits per heavy atom. The zero-order chi connectivity index (χ0) is 16.9. The third kappa shape index (κ3) is 5.57. The molecule has 2 aromatic carbocycles. The number of hydrogen-bond donors (Lipinski definition) is 2. The molecule has 0 aliphatic heterocycles. The van der Waals surface area contributed by atoms with Gasteiger partial charge >= 0.3 is 0 Å². The van der Waals surface area contributed by atoms with E-state index < -0.39 is 5.54 Å². The first-order chi connectivity index (χ1) is 10.9. The minimum Gasteiger partial charge on any atom is -0.353 e. The Labute approximate surface area is 146 Å². The maximum Gasteiger partial charge on any atom is 0.238 e. The van der Waals surface area contributed by atoms with Crippen molar-refractivity contribution in [1.29, 1.82) is 0 Å². The summed E-state index contributed by atoms with van der Waals surface area (Å²) >= 11 is 7.68. The molecular weight excluding hydrogens is 328 g/mol. The van der Waals surface area contributed by atoms with Gasteiger partial charge in [0, 0.05) is 17.0 Å². The molecule has 23 heavy (non-hydrogen) atoms. The summed E-state index contributed by atoms with van der Waals surface area (Å²) in [4.78, 5) is 13.6. The van der Waals surface area contributed by atoms with E-state index in [2.05, 4.69) is 5.32 Å². The normalized spacial score (nSPS) is 12.7. The maximum absolute atomic E-state index is 12.7. The Morgan fingerprint density at radius 3 is 2.39 bits per heavy atom. The summed E-state index contributed by atoms with van der Waals surface area (Å²) in [7, 11) is 0. The minimum atomic E-state index is -0.452. The molecule has 0 fully saturated rings. The van der Waals surface area contributed by atoms with Gasteiger partial charge in [0.15, 0.2) is 0 Å². The molecule has 0 saturated carbocycles. The Hall–Kier alpha value is -1.49. The van der Waals surface area contributed by atoms with Crippen molar-refractivity contribution in [3.63, 3.8) is 0 Å². The Bertz CT molecular complexity index is 656. The molecule has 1 unspecified atom stereocenters. The molecule has 0 spiro atoms. The first-order valence-electron chi connectivity index (χ1n) is 7.39. The molecule has 0 aliphatic rings. The molecule has 0 bridgehead atoms. The molecule has 1 amide bonds. The number of nitrogens with two attached hydrogens (primary N) is 1. The average Bonchev–Trinajstić information content (AvgIpc) is 2.52. The van der Waals surface area contributed by atoms with E-state index in [1.54, 1.807) is 0 Å². The van der Waals surface area contributed by atoms with Crippen molar-refractivity contribution in [3.05, 3.63) is 65.2 Å². The molecule has 0 saturated heterocycles. The third-order valence-electron chi connectivity index (χ3n) is 3.14. The van der Waals surface area contributed by atoms with Gasteiger partial charge in [-0.25, -0.2) is 0 Å². The summed E-state index contributed by atoms with van der Waals surface area (Å²) < 4.78 is 0. The standard InChI is InChI=1S/C18H21ClN2OS/c1-18(2,20)12-21-17(22)16(13-8-4-3-5-9-13)23-15-11-7-6-10-14(15)19/h3-11,16H,12,20H2,1-2H3,(H,21,22). The van der Waals surface area contributed by atoms with Gasteiger partial charge in [-0.1, -0.05) is 54.1 Å². The second-order valence-electron chi connectivity index (χ2n) is 6.05.